The molecule has 2 atom stereocenters. The van der Waals surface area contributed by atoms with E-state index >= 15 is 0 Å². The number of benzene rings is 1. The van der Waals surface area contributed by atoms with Gasteiger partial charge in [0, 0.05) is 0 Å². The molecule has 2 aromatic rings. The van der Waals surface area contributed by atoms with Gasteiger partial charge in [0.1, 0.15) is 5.25 Å². The zero-order valence-corrected chi connectivity index (χ0v) is 16.3. The number of aromatic nitrogens is 1. The number of carbonyl (C=O) groups excluding carboxylic acids is 2. The number of ether oxygens (including phenoxy) is 2. The minimum atomic E-state index is -0.480. The molecule has 0 fully saturated rings. The Bertz CT molecular complexity index is 683. The third kappa shape index (κ3) is 5.71. The highest BCUT2D eigenvalue weighted by molar-refractivity contribution is 8.02. The summed E-state index contributed by atoms with van der Waals surface area (Å²) in [5, 5.41) is -0.480. The van der Waals surface area contributed by atoms with E-state index in [2.05, 4.69) is 4.98 Å². The molecule has 5 nitrogen and oxygen atoms in total. The normalized spacial score (nSPS) is 13.4. The lowest BCUT2D eigenvalue weighted by Crippen LogP contribution is -2.26. The van der Waals surface area contributed by atoms with Gasteiger partial charge in [0.25, 0.3) is 0 Å². The van der Waals surface area contributed by atoms with Gasteiger partial charge < -0.3 is 9.47 Å². The average molecular weight is 382 g/mol. The number of fused-ring (bicyclic) bond motifs is 1. The minimum Gasteiger partial charge on any atom is -0.469 e. The first-order valence-corrected chi connectivity index (χ1v) is 10.0. The van der Waals surface area contributed by atoms with Crippen LogP contribution in [0.25, 0.3) is 10.2 Å². The SMILES string of the molecule is CCCCOC(=O)C(CC(C)C(=O)OC)Sc1nc2ccccc2s1. The highest BCUT2D eigenvalue weighted by Crippen LogP contribution is 2.34. The molecular formula is C18H23NO4S2. The van der Waals surface area contributed by atoms with Crippen LogP contribution in [0.2, 0.25) is 0 Å². The lowest BCUT2D eigenvalue weighted by atomic mass is 10.1. The second-order valence-corrected chi connectivity index (χ2v) is 8.22. The molecule has 1 aromatic carbocycles. The predicted octanol–water partition coefficient (Wildman–Crippen LogP) is 4.30. The van der Waals surface area contributed by atoms with Gasteiger partial charge in [-0.1, -0.05) is 44.2 Å². The van der Waals surface area contributed by atoms with Crippen LogP contribution in [-0.4, -0.2) is 35.9 Å². The Morgan fingerprint density at radius 1 is 1.28 bits per heavy atom. The molecule has 136 valence electrons. The second-order valence-electron chi connectivity index (χ2n) is 5.73. The summed E-state index contributed by atoms with van der Waals surface area (Å²) in [6.45, 7) is 4.20. The first-order valence-electron chi connectivity index (χ1n) is 8.31. The van der Waals surface area contributed by atoms with Crippen LogP contribution in [0.15, 0.2) is 28.6 Å². The molecule has 1 aromatic heterocycles. The smallest absolute Gasteiger partial charge is 0.319 e. The van der Waals surface area contributed by atoms with E-state index in [4.69, 9.17) is 9.47 Å². The minimum absolute atomic E-state index is 0.298. The van der Waals surface area contributed by atoms with E-state index in [0.717, 1.165) is 27.4 Å². The summed E-state index contributed by atoms with van der Waals surface area (Å²) in [4.78, 5) is 28.8. The van der Waals surface area contributed by atoms with Gasteiger partial charge in [0.2, 0.25) is 0 Å². The van der Waals surface area contributed by atoms with Gasteiger partial charge in [0.15, 0.2) is 4.34 Å². The Kier molecular flexibility index (Phi) is 7.71. The van der Waals surface area contributed by atoms with Gasteiger partial charge in [-0.3, -0.25) is 9.59 Å². The number of carbonyl (C=O) groups is 2. The highest BCUT2D eigenvalue weighted by Gasteiger charge is 2.28. The molecule has 0 radical (unpaired) electrons. The average Bonchev–Trinajstić information content (AvgIpc) is 3.02. The van der Waals surface area contributed by atoms with Crippen molar-refractivity contribution >= 4 is 45.3 Å². The zero-order chi connectivity index (χ0) is 18.2. The summed E-state index contributed by atoms with van der Waals surface area (Å²) in [6, 6.07) is 7.85. The Morgan fingerprint density at radius 2 is 2.04 bits per heavy atom. The summed E-state index contributed by atoms with van der Waals surface area (Å²) in [5.41, 5.74) is 0.911. The quantitative estimate of drug-likeness (QED) is 0.366. The summed E-state index contributed by atoms with van der Waals surface area (Å²) in [5.74, 6) is -1.000. The largest absolute Gasteiger partial charge is 0.469 e. The van der Waals surface area contributed by atoms with E-state index in [1.165, 1.54) is 18.9 Å². The van der Waals surface area contributed by atoms with Gasteiger partial charge in [-0.05, 0) is 25.0 Å². The van der Waals surface area contributed by atoms with Gasteiger partial charge >= 0.3 is 11.9 Å². The Morgan fingerprint density at radius 3 is 2.72 bits per heavy atom. The molecule has 0 aliphatic rings. The Hall–Kier alpha value is -1.60. The summed E-state index contributed by atoms with van der Waals surface area (Å²) >= 11 is 2.90. The van der Waals surface area contributed by atoms with Crippen molar-refractivity contribution in [3.8, 4) is 0 Å². The number of methoxy groups -OCH3 is 1. The van der Waals surface area contributed by atoms with E-state index in [1.54, 1.807) is 18.3 Å². The molecule has 0 bridgehead atoms. The number of thioether (sulfide) groups is 1. The summed E-state index contributed by atoms with van der Waals surface area (Å²) in [6.07, 6.45) is 2.15. The maximum Gasteiger partial charge on any atom is 0.319 e. The standard InChI is InChI=1S/C18H23NO4S2/c1-4-5-10-23-17(21)15(11-12(2)16(20)22-3)25-18-19-13-8-6-7-9-14(13)24-18/h6-9,12,15H,4-5,10-11H2,1-3H3. The maximum atomic E-state index is 12.5. The Labute approximate surface area is 156 Å². The molecule has 25 heavy (non-hydrogen) atoms. The summed E-state index contributed by atoms with van der Waals surface area (Å²) < 4.78 is 12.0. The van der Waals surface area contributed by atoms with Crippen LogP contribution in [0.3, 0.4) is 0 Å². The fourth-order valence-corrected chi connectivity index (χ4v) is 4.70. The van der Waals surface area contributed by atoms with E-state index in [9.17, 15) is 9.59 Å². The topological polar surface area (TPSA) is 65.5 Å². The van der Waals surface area contributed by atoms with Crippen molar-refractivity contribution in [1.82, 2.24) is 4.98 Å². The number of para-hydroxylation sites is 1. The number of unbranched alkanes of at least 4 members (excludes halogenated alkanes) is 1. The van der Waals surface area contributed by atoms with Crippen molar-refractivity contribution < 1.29 is 19.1 Å². The first-order chi connectivity index (χ1) is 12.0. The van der Waals surface area contributed by atoms with Gasteiger partial charge in [-0.2, -0.15) is 0 Å². The highest BCUT2D eigenvalue weighted by atomic mass is 32.2. The summed E-state index contributed by atoms with van der Waals surface area (Å²) in [7, 11) is 1.36. The lowest BCUT2D eigenvalue weighted by Gasteiger charge is -2.17. The fraction of sp³-hybridized carbons (Fsp3) is 0.500. The van der Waals surface area contributed by atoms with E-state index in [1.807, 2.05) is 31.2 Å². The van der Waals surface area contributed by atoms with E-state index in [-0.39, 0.29) is 17.9 Å². The molecule has 1 heterocycles. The lowest BCUT2D eigenvalue weighted by molar-refractivity contribution is -0.146. The van der Waals surface area contributed by atoms with Crippen LogP contribution in [0, 0.1) is 5.92 Å². The molecule has 0 amide bonds. The maximum absolute atomic E-state index is 12.5. The van der Waals surface area contributed by atoms with Gasteiger partial charge in [0.05, 0.1) is 29.9 Å². The van der Waals surface area contributed by atoms with Crippen LogP contribution < -0.4 is 0 Å². The predicted molar refractivity (Wildman–Crippen MR) is 101 cm³/mol. The molecular weight excluding hydrogens is 358 g/mol. The number of hydrogen-bond acceptors (Lipinski definition) is 7. The molecule has 7 heteroatoms. The molecule has 0 saturated heterocycles. The van der Waals surface area contributed by atoms with Crippen molar-refractivity contribution in [3.05, 3.63) is 24.3 Å². The molecule has 0 aliphatic heterocycles. The van der Waals surface area contributed by atoms with E-state index < -0.39 is 5.25 Å². The van der Waals surface area contributed by atoms with Crippen molar-refractivity contribution in [1.29, 1.82) is 0 Å². The van der Waals surface area contributed by atoms with Crippen LogP contribution in [0.5, 0.6) is 0 Å². The molecule has 0 aliphatic carbocycles. The van der Waals surface area contributed by atoms with Crippen molar-refractivity contribution in [2.75, 3.05) is 13.7 Å². The fourth-order valence-electron chi connectivity index (χ4n) is 2.24. The van der Waals surface area contributed by atoms with Crippen molar-refractivity contribution in [2.45, 2.75) is 42.7 Å². The molecule has 2 rings (SSSR count). The van der Waals surface area contributed by atoms with Crippen molar-refractivity contribution in [2.24, 2.45) is 5.92 Å². The number of nitrogens with zero attached hydrogens (tertiary/aromatic N) is 1. The van der Waals surface area contributed by atoms with Crippen LogP contribution in [-0.2, 0) is 19.1 Å². The van der Waals surface area contributed by atoms with Crippen LogP contribution in [0.1, 0.15) is 33.1 Å². The number of esters is 2. The molecule has 2 unspecified atom stereocenters. The third-order valence-electron chi connectivity index (χ3n) is 3.69. The molecule has 0 spiro atoms. The van der Waals surface area contributed by atoms with Gasteiger partial charge in [-0.15, -0.1) is 11.3 Å². The molecule has 0 N–H and O–H groups in total. The number of thiazole rings is 1. The third-order valence-corrected chi connectivity index (χ3v) is 6.03. The van der Waals surface area contributed by atoms with Gasteiger partial charge in [-0.25, -0.2) is 4.98 Å². The number of rotatable bonds is 9. The zero-order valence-electron chi connectivity index (χ0n) is 14.7. The second kappa shape index (κ2) is 9.77. The monoisotopic (exact) mass is 381 g/mol. The Balaban J connectivity index is 2.11. The van der Waals surface area contributed by atoms with Crippen molar-refractivity contribution in [3.63, 3.8) is 0 Å². The van der Waals surface area contributed by atoms with Crippen LogP contribution in [0.4, 0.5) is 0 Å². The first kappa shape index (κ1) is 19.7. The van der Waals surface area contributed by atoms with E-state index in [0.29, 0.717) is 13.0 Å². The number of hydrogen-bond donors (Lipinski definition) is 0. The molecule has 0 saturated carbocycles. The van der Waals surface area contributed by atoms with Crippen LogP contribution >= 0.6 is 23.1 Å².